The number of nitrogens with zero attached hydrogens (tertiary/aromatic N) is 3. The average molecular weight is 279 g/mol. The minimum Gasteiger partial charge on any atom is -0.323 e. The summed E-state index contributed by atoms with van der Waals surface area (Å²) in [4.78, 5) is 4.60. The molecule has 21 heavy (non-hydrogen) atoms. The Balaban J connectivity index is 2.09. The predicted molar refractivity (Wildman–Crippen MR) is 79.3 cm³/mol. The SMILES string of the molecule is CCc1nc2ccccc2n1Cc1cc(F)cc(C#N)c1. The molecule has 0 saturated heterocycles. The van der Waals surface area contributed by atoms with E-state index in [0.717, 1.165) is 28.8 Å². The van der Waals surface area contributed by atoms with Crippen LogP contribution < -0.4 is 0 Å². The molecule has 0 fully saturated rings. The van der Waals surface area contributed by atoms with E-state index in [0.29, 0.717) is 12.1 Å². The topological polar surface area (TPSA) is 41.6 Å². The Morgan fingerprint density at radius 3 is 2.81 bits per heavy atom. The van der Waals surface area contributed by atoms with Crippen LogP contribution in [0.2, 0.25) is 0 Å². The van der Waals surface area contributed by atoms with Crippen molar-refractivity contribution in [3.8, 4) is 6.07 Å². The van der Waals surface area contributed by atoms with Gasteiger partial charge in [0, 0.05) is 13.0 Å². The Labute approximate surface area is 122 Å². The van der Waals surface area contributed by atoms with Crippen LogP contribution in [0.4, 0.5) is 4.39 Å². The first-order valence-electron chi connectivity index (χ1n) is 6.85. The zero-order valence-corrected chi connectivity index (χ0v) is 11.7. The van der Waals surface area contributed by atoms with Gasteiger partial charge in [-0.1, -0.05) is 19.1 Å². The molecule has 3 rings (SSSR count). The molecule has 0 aliphatic rings. The second-order valence-electron chi connectivity index (χ2n) is 4.92. The van der Waals surface area contributed by atoms with E-state index in [2.05, 4.69) is 9.55 Å². The molecule has 0 radical (unpaired) electrons. The van der Waals surface area contributed by atoms with Gasteiger partial charge in [0.1, 0.15) is 11.6 Å². The minimum absolute atomic E-state index is 0.340. The van der Waals surface area contributed by atoms with Crippen LogP contribution in [-0.2, 0) is 13.0 Å². The van der Waals surface area contributed by atoms with Crippen molar-refractivity contribution in [2.24, 2.45) is 0 Å². The smallest absolute Gasteiger partial charge is 0.124 e. The molecule has 104 valence electrons. The zero-order valence-electron chi connectivity index (χ0n) is 11.7. The third-order valence-corrected chi connectivity index (χ3v) is 3.48. The van der Waals surface area contributed by atoms with Gasteiger partial charge in [-0.2, -0.15) is 5.26 Å². The summed E-state index contributed by atoms with van der Waals surface area (Å²) >= 11 is 0. The number of hydrogen-bond donors (Lipinski definition) is 0. The van der Waals surface area contributed by atoms with Crippen LogP contribution in [0, 0.1) is 17.1 Å². The fraction of sp³-hybridized carbons (Fsp3) is 0.176. The molecule has 0 spiro atoms. The molecule has 0 aliphatic carbocycles. The molecule has 0 atom stereocenters. The van der Waals surface area contributed by atoms with E-state index in [-0.39, 0.29) is 5.82 Å². The van der Waals surface area contributed by atoms with Gasteiger partial charge < -0.3 is 4.57 Å². The van der Waals surface area contributed by atoms with Crippen LogP contribution in [0.1, 0.15) is 23.9 Å². The molecule has 2 aromatic carbocycles. The Kier molecular flexibility index (Phi) is 3.41. The molecule has 0 saturated carbocycles. The van der Waals surface area contributed by atoms with Gasteiger partial charge in [-0.25, -0.2) is 9.37 Å². The Hall–Kier alpha value is -2.67. The van der Waals surface area contributed by atoms with Crippen molar-refractivity contribution in [2.45, 2.75) is 19.9 Å². The van der Waals surface area contributed by atoms with E-state index in [9.17, 15) is 4.39 Å². The highest BCUT2D eigenvalue weighted by Gasteiger charge is 2.10. The summed E-state index contributed by atoms with van der Waals surface area (Å²) in [5.41, 5.74) is 3.07. The van der Waals surface area contributed by atoms with Crippen LogP contribution >= 0.6 is 0 Å². The molecule has 0 amide bonds. The fourth-order valence-corrected chi connectivity index (χ4v) is 2.56. The molecular weight excluding hydrogens is 265 g/mol. The van der Waals surface area contributed by atoms with E-state index < -0.39 is 0 Å². The summed E-state index contributed by atoms with van der Waals surface area (Å²) in [5.74, 6) is 0.575. The van der Waals surface area contributed by atoms with Crippen molar-refractivity contribution in [1.29, 1.82) is 5.26 Å². The first kappa shape index (κ1) is 13.3. The molecular formula is C17H14FN3. The van der Waals surface area contributed by atoms with E-state index in [4.69, 9.17) is 5.26 Å². The van der Waals surface area contributed by atoms with Gasteiger partial charge in [-0.3, -0.25) is 0 Å². The predicted octanol–water partition coefficient (Wildman–Crippen LogP) is 3.66. The van der Waals surface area contributed by atoms with E-state index in [1.54, 1.807) is 6.07 Å². The molecule has 0 bridgehead atoms. The molecule has 0 N–H and O–H groups in total. The number of halogens is 1. The highest BCUT2D eigenvalue weighted by Crippen LogP contribution is 2.19. The van der Waals surface area contributed by atoms with Crippen LogP contribution in [0.25, 0.3) is 11.0 Å². The summed E-state index contributed by atoms with van der Waals surface area (Å²) in [6.45, 7) is 2.56. The maximum atomic E-state index is 13.6. The maximum Gasteiger partial charge on any atom is 0.124 e. The lowest BCUT2D eigenvalue weighted by Crippen LogP contribution is -2.05. The third-order valence-electron chi connectivity index (χ3n) is 3.48. The number of benzene rings is 2. The summed E-state index contributed by atoms with van der Waals surface area (Å²) in [7, 11) is 0. The number of fused-ring (bicyclic) bond motifs is 1. The van der Waals surface area contributed by atoms with Crippen molar-refractivity contribution in [3.63, 3.8) is 0 Å². The van der Waals surface area contributed by atoms with Crippen molar-refractivity contribution in [3.05, 3.63) is 65.2 Å². The molecule has 1 heterocycles. The second-order valence-corrected chi connectivity index (χ2v) is 4.92. The van der Waals surface area contributed by atoms with E-state index >= 15 is 0 Å². The van der Waals surface area contributed by atoms with E-state index in [1.165, 1.54) is 12.1 Å². The molecule has 1 aromatic heterocycles. The van der Waals surface area contributed by atoms with Gasteiger partial charge in [-0.05, 0) is 35.9 Å². The Morgan fingerprint density at radius 1 is 1.24 bits per heavy atom. The average Bonchev–Trinajstić information content (AvgIpc) is 2.85. The number of aryl methyl sites for hydroxylation is 1. The van der Waals surface area contributed by atoms with Gasteiger partial charge in [0.15, 0.2) is 0 Å². The van der Waals surface area contributed by atoms with Gasteiger partial charge in [-0.15, -0.1) is 0 Å². The normalized spacial score (nSPS) is 10.7. The number of para-hydroxylation sites is 2. The Morgan fingerprint density at radius 2 is 2.05 bits per heavy atom. The van der Waals surface area contributed by atoms with Gasteiger partial charge in [0.2, 0.25) is 0 Å². The number of imidazole rings is 1. The van der Waals surface area contributed by atoms with E-state index in [1.807, 2.05) is 37.3 Å². The van der Waals surface area contributed by atoms with Crippen LogP contribution in [0.15, 0.2) is 42.5 Å². The standard InChI is InChI=1S/C17H14FN3/c1-2-17-20-15-5-3-4-6-16(15)21(17)11-13-7-12(10-19)8-14(18)9-13/h3-9H,2,11H2,1H3. The highest BCUT2D eigenvalue weighted by molar-refractivity contribution is 5.76. The molecule has 3 nitrogen and oxygen atoms in total. The van der Waals surface area contributed by atoms with Crippen molar-refractivity contribution >= 4 is 11.0 Å². The first-order valence-corrected chi connectivity index (χ1v) is 6.85. The molecule has 0 unspecified atom stereocenters. The van der Waals surface area contributed by atoms with Gasteiger partial charge in [0.25, 0.3) is 0 Å². The van der Waals surface area contributed by atoms with Crippen LogP contribution in [0.3, 0.4) is 0 Å². The number of aromatic nitrogens is 2. The molecule has 3 aromatic rings. The molecule has 4 heteroatoms. The number of rotatable bonds is 3. The largest absolute Gasteiger partial charge is 0.323 e. The quantitative estimate of drug-likeness (QED) is 0.734. The van der Waals surface area contributed by atoms with Crippen molar-refractivity contribution in [2.75, 3.05) is 0 Å². The zero-order chi connectivity index (χ0) is 14.8. The summed E-state index contributed by atoms with van der Waals surface area (Å²) in [5, 5.41) is 8.95. The minimum atomic E-state index is -0.383. The van der Waals surface area contributed by atoms with Crippen LogP contribution in [-0.4, -0.2) is 9.55 Å². The summed E-state index contributed by atoms with van der Waals surface area (Å²) in [6, 6.07) is 14.3. The van der Waals surface area contributed by atoms with Crippen LogP contribution in [0.5, 0.6) is 0 Å². The monoisotopic (exact) mass is 279 g/mol. The van der Waals surface area contributed by atoms with Gasteiger partial charge in [0.05, 0.1) is 22.7 Å². The first-order chi connectivity index (χ1) is 10.2. The van der Waals surface area contributed by atoms with Gasteiger partial charge >= 0.3 is 0 Å². The number of nitriles is 1. The number of hydrogen-bond acceptors (Lipinski definition) is 2. The Bertz CT molecular complexity index is 843. The lowest BCUT2D eigenvalue weighted by molar-refractivity contribution is 0.622. The lowest BCUT2D eigenvalue weighted by Gasteiger charge is -2.09. The maximum absolute atomic E-state index is 13.6. The third kappa shape index (κ3) is 2.50. The van der Waals surface area contributed by atoms with Crippen molar-refractivity contribution in [1.82, 2.24) is 9.55 Å². The summed E-state index contributed by atoms with van der Waals surface area (Å²) in [6.07, 6.45) is 0.801. The lowest BCUT2D eigenvalue weighted by atomic mass is 10.1. The highest BCUT2D eigenvalue weighted by atomic mass is 19.1. The molecule has 0 aliphatic heterocycles. The summed E-state index contributed by atoms with van der Waals surface area (Å²) < 4.78 is 15.6. The second kappa shape index (κ2) is 5.37. The van der Waals surface area contributed by atoms with Crippen molar-refractivity contribution < 1.29 is 4.39 Å². The fourth-order valence-electron chi connectivity index (χ4n) is 2.56.